The van der Waals surface area contributed by atoms with Crippen LogP contribution < -0.4 is 5.32 Å². The molecule has 1 N–H and O–H groups in total. The highest BCUT2D eigenvalue weighted by atomic mass is 35.5. The molecule has 2 heterocycles. The Bertz CT molecular complexity index is 609. The van der Waals surface area contributed by atoms with Gasteiger partial charge in [0.2, 0.25) is 0 Å². The second kappa shape index (κ2) is 4.53. The van der Waals surface area contributed by atoms with E-state index in [1.807, 2.05) is 6.07 Å². The van der Waals surface area contributed by atoms with Crippen LogP contribution in [-0.4, -0.2) is 0 Å². The Labute approximate surface area is 123 Å². The lowest BCUT2D eigenvalue weighted by Crippen LogP contribution is -2.10. The zero-order chi connectivity index (χ0) is 13.6. The molecular weight excluding hydrogens is 274 g/mol. The summed E-state index contributed by atoms with van der Waals surface area (Å²) in [5, 5.41) is 3.59. The Hall–Kier alpha value is -0.990. The first-order chi connectivity index (χ1) is 8.93. The highest BCUT2D eigenvalue weighted by molar-refractivity contribution is 7.16. The summed E-state index contributed by atoms with van der Waals surface area (Å²) in [5.74, 6) is 0. The molecule has 19 heavy (non-hydrogen) atoms. The second-order valence-corrected chi connectivity index (χ2v) is 7.91. The lowest BCUT2D eigenvalue weighted by atomic mass is 9.86. The fourth-order valence-electron chi connectivity index (χ4n) is 2.52. The van der Waals surface area contributed by atoms with Crippen LogP contribution in [0, 0.1) is 0 Å². The fourth-order valence-corrected chi connectivity index (χ4v) is 3.63. The SMILES string of the molecule is CC(C)(C)c1ccc2c(c1)CC(c1ccc(Cl)s1)N2. The van der Waals surface area contributed by atoms with Crippen LogP contribution in [-0.2, 0) is 11.8 Å². The Morgan fingerprint density at radius 2 is 2.00 bits per heavy atom. The molecule has 1 aromatic carbocycles. The molecule has 2 aromatic rings. The van der Waals surface area contributed by atoms with Crippen LogP contribution >= 0.6 is 22.9 Å². The third kappa shape index (κ3) is 2.52. The largest absolute Gasteiger partial charge is 0.377 e. The number of thiophene rings is 1. The molecule has 100 valence electrons. The molecule has 1 aliphatic heterocycles. The van der Waals surface area contributed by atoms with Crippen molar-refractivity contribution in [1.29, 1.82) is 0 Å². The number of halogens is 1. The zero-order valence-corrected chi connectivity index (χ0v) is 13.0. The van der Waals surface area contributed by atoms with E-state index in [9.17, 15) is 0 Å². The molecule has 3 rings (SSSR count). The highest BCUT2D eigenvalue weighted by Gasteiger charge is 2.25. The molecule has 3 heteroatoms. The monoisotopic (exact) mass is 291 g/mol. The van der Waals surface area contributed by atoms with Crippen molar-refractivity contribution in [3.8, 4) is 0 Å². The number of hydrogen-bond donors (Lipinski definition) is 1. The van der Waals surface area contributed by atoms with Gasteiger partial charge in [0.05, 0.1) is 10.4 Å². The molecule has 1 aliphatic rings. The lowest BCUT2D eigenvalue weighted by Gasteiger charge is -2.19. The lowest BCUT2D eigenvalue weighted by molar-refractivity contribution is 0.589. The Morgan fingerprint density at radius 3 is 2.63 bits per heavy atom. The van der Waals surface area contributed by atoms with Gasteiger partial charge in [-0.15, -0.1) is 11.3 Å². The van der Waals surface area contributed by atoms with Crippen molar-refractivity contribution in [3.05, 3.63) is 50.7 Å². The topological polar surface area (TPSA) is 12.0 Å². The Morgan fingerprint density at radius 1 is 1.21 bits per heavy atom. The average Bonchev–Trinajstić information content (AvgIpc) is 2.92. The predicted molar refractivity (Wildman–Crippen MR) is 84.5 cm³/mol. The number of benzene rings is 1. The number of fused-ring (bicyclic) bond motifs is 1. The summed E-state index contributed by atoms with van der Waals surface area (Å²) >= 11 is 7.69. The first-order valence-corrected chi connectivity index (χ1v) is 7.78. The molecule has 1 atom stereocenters. The molecule has 1 unspecified atom stereocenters. The molecule has 1 aromatic heterocycles. The molecule has 0 radical (unpaired) electrons. The van der Waals surface area contributed by atoms with Gasteiger partial charge in [0.15, 0.2) is 0 Å². The molecule has 1 nitrogen and oxygen atoms in total. The van der Waals surface area contributed by atoms with Gasteiger partial charge in [-0.1, -0.05) is 44.5 Å². The Kier molecular flexibility index (Phi) is 3.11. The van der Waals surface area contributed by atoms with Crippen molar-refractivity contribution < 1.29 is 0 Å². The van der Waals surface area contributed by atoms with Gasteiger partial charge in [0.25, 0.3) is 0 Å². The van der Waals surface area contributed by atoms with Crippen LogP contribution in [0.4, 0.5) is 5.69 Å². The molecule has 0 bridgehead atoms. The molecular formula is C16H18ClNS. The molecule has 0 spiro atoms. The maximum atomic E-state index is 6.03. The van der Waals surface area contributed by atoms with Crippen molar-refractivity contribution in [2.45, 2.75) is 38.6 Å². The van der Waals surface area contributed by atoms with E-state index in [4.69, 9.17) is 11.6 Å². The van der Waals surface area contributed by atoms with E-state index in [-0.39, 0.29) is 5.41 Å². The maximum absolute atomic E-state index is 6.03. The van der Waals surface area contributed by atoms with E-state index < -0.39 is 0 Å². The van der Waals surface area contributed by atoms with Crippen molar-refractivity contribution in [2.75, 3.05) is 5.32 Å². The summed E-state index contributed by atoms with van der Waals surface area (Å²) in [6, 6.07) is 11.3. The summed E-state index contributed by atoms with van der Waals surface area (Å²) in [7, 11) is 0. The van der Waals surface area contributed by atoms with E-state index >= 15 is 0 Å². The fraction of sp³-hybridized carbons (Fsp3) is 0.375. The predicted octanol–water partition coefficient (Wildman–Crippen LogP) is 5.41. The minimum atomic E-state index is 0.208. The van der Waals surface area contributed by atoms with Gasteiger partial charge in [-0.05, 0) is 41.2 Å². The summed E-state index contributed by atoms with van der Waals surface area (Å²) in [5.41, 5.74) is 4.29. The average molecular weight is 292 g/mol. The van der Waals surface area contributed by atoms with Gasteiger partial charge in [0, 0.05) is 10.6 Å². The zero-order valence-electron chi connectivity index (χ0n) is 11.5. The van der Waals surface area contributed by atoms with E-state index in [2.05, 4.69) is 50.4 Å². The van der Waals surface area contributed by atoms with Gasteiger partial charge in [-0.25, -0.2) is 0 Å². The first kappa shape index (κ1) is 13.0. The summed E-state index contributed by atoms with van der Waals surface area (Å²) < 4.78 is 0.864. The number of hydrogen-bond acceptors (Lipinski definition) is 2. The standard InChI is InChI=1S/C16H18ClNS/c1-16(2,3)11-4-5-12-10(8-11)9-13(18-12)14-6-7-15(17)19-14/h4-8,13,18H,9H2,1-3H3. The minimum Gasteiger partial charge on any atom is -0.377 e. The maximum Gasteiger partial charge on any atom is 0.0932 e. The van der Waals surface area contributed by atoms with Crippen LogP contribution in [0.2, 0.25) is 4.34 Å². The van der Waals surface area contributed by atoms with Gasteiger partial charge in [0.1, 0.15) is 0 Å². The van der Waals surface area contributed by atoms with Gasteiger partial charge in [-0.2, -0.15) is 0 Å². The van der Waals surface area contributed by atoms with Gasteiger partial charge < -0.3 is 5.32 Å². The third-order valence-electron chi connectivity index (χ3n) is 3.66. The van der Waals surface area contributed by atoms with Crippen LogP contribution in [0.5, 0.6) is 0 Å². The molecule has 0 aliphatic carbocycles. The smallest absolute Gasteiger partial charge is 0.0932 e. The summed E-state index contributed by atoms with van der Waals surface area (Å²) in [4.78, 5) is 1.32. The molecule has 0 fully saturated rings. The second-order valence-electron chi connectivity index (χ2n) is 6.16. The van der Waals surface area contributed by atoms with E-state index in [1.165, 1.54) is 21.7 Å². The summed E-state index contributed by atoms with van der Waals surface area (Å²) in [6.07, 6.45) is 1.05. The van der Waals surface area contributed by atoms with Crippen LogP contribution in [0.15, 0.2) is 30.3 Å². The van der Waals surface area contributed by atoms with Gasteiger partial charge in [-0.3, -0.25) is 0 Å². The van der Waals surface area contributed by atoms with Crippen molar-refractivity contribution >= 4 is 28.6 Å². The normalized spacial score (nSPS) is 18.2. The number of anilines is 1. The number of rotatable bonds is 1. The van der Waals surface area contributed by atoms with Crippen LogP contribution in [0.25, 0.3) is 0 Å². The molecule has 0 saturated carbocycles. The summed E-state index contributed by atoms with van der Waals surface area (Å²) in [6.45, 7) is 6.77. The third-order valence-corrected chi connectivity index (χ3v) is 5.01. The van der Waals surface area contributed by atoms with Crippen molar-refractivity contribution in [2.24, 2.45) is 0 Å². The van der Waals surface area contributed by atoms with Crippen molar-refractivity contribution in [1.82, 2.24) is 0 Å². The first-order valence-electron chi connectivity index (χ1n) is 6.59. The molecule has 0 amide bonds. The van der Waals surface area contributed by atoms with Gasteiger partial charge >= 0.3 is 0 Å². The highest BCUT2D eigenvalue weighted by Crippen LogP contribution is 2.39. The van der Waals surface area contributed by atoms with Crippen LogP contribution in [0.1, 0.15) is 42.8 Å². The Balaban J connectivity index is 1.88. The van der Waals surface area contributed by atoms with E-state index in [0.717, 1.165) is 10.8 Å². The van der Waals surface area contributed by atoms with E-state index in [1.54, 1.807) is 11.3 Å². The quantitative estimate of drug-likeness (QED) is 0.741. The van der Waals surface area contributed by atoms with Crippen molar-refractivity contribution in [3.63, 3.8) is 0 Å². The number of nitrogens with one attached hydrogen (secondary N) is 1. The van der Waals surface area contributed by atoms with Crippen LogP contribution in [0.3, 0.4) is 0 Å². The minimum absolute atomic E-state index is 0.208. The molecule has 0 saturated heterocycles. The van der Waals surface area contributed by atoms with E-state index in [0.29, 0.717) is 6.04 Å².